The van der Waals surface area contributed by atoms with E-state index in [1.165, 1.54) is 21.3 Å². The second-order valence-electron chi connectivity index (χ2n) is 7.39. The Kier molecular flexibility index (Phi) is 4.89. The standard InChI is InChI=1S/C23H21Cl2NSi/c1-27(2,19-11-7-4-8-12-19)22-20-15-18(24)13-14-21(20)26(23(22)25)16-17-9-5-3-6-10-17/h3-15H,16H2,1-2H3. The zero-order chi connectivity index (χ0) is 19.0. The highest BCUT2D eigenvalue weighted by Gasteiger charge is 2.33. The van der Waals surface area contributed by atoms with Gasteiger partial charge in [-0.05, 0) is 28.9 Å². The number of halogens is 2. The SMILES string of the molecule is C[Si](C)(c1ccccc1)c1c(Cl)n(Cc2ccccc2)c2ccc(Cl)cc12. The summed E-state index contributed by atoms with van der Waals surface area (Å²) in [4.78, 5) is 0. The lowest BCUT2D eigenvalue weighted by Gasteiger charge is -2.23. The molecular formula is C23H21Cl2NSi. The molecule has 4 aromatic rings. The van der Waals surface area contributed by atoms with Gasteiger partial charge in [-0.3, -0.25) is 0 Å². The number of hydrogen-bond acceptors (Lipinski definition) is 0. The van der Waals surface area contributed by atoms with Gasteiger partial charge in [0.05, 0.1) is 0 Å². The van der Waals surface area contributed by atoms with Gasteiger partial charge in [0.25, 0.3) is 0 Å². The van der Waals surface area contributed by atoms with E-state index in [0.29, 0.717) is 0 Å². The van der Waals surface area contributed by atoms with Gasteiger partial charge >= 0.3 is 0 Å². The number of hydrogen-bond donors (Lipinski definition) is 0. The number of benzene rings is 3. The molecule has 4 heteroatoms. The van der Waals surface area contributed by atoms with E-state index in [0.717, 1.165) is 22.2 Å². The van der Waals surface area contributed by atoms with E-state index >= 15 is 0 Å². The Morgan fingerprint density at radius 1 is 0.815 bits per heavy atom. The number of rotatable bonds is 4. The Morgan fingerprint density at radius 3 is 2.11 bits per heavy atom. The summed E-state index contributed by atoms with van der Waals surface area (Å²) in [5.41, 5.74) is 2.37. The highest BCUT2D eigenvalue weighted by Crippen LogP contribution is 2.28. The summed E-state index contributed by atoms with van der Waals surface area (Å²) < 4.78 is 2.22. The van der Waals surface area contributed by atoms with Crippen LogP contribution in [0.5, 0.6) is 0 Å². The van der Waals surface area contributed by atoms with Crippen molar-refractivity contribution in [2.24, 2.45) is 0 Å². The van der Waals surface area contributed by atoms with Crippen molar-refractivity contribution in [3.05, 3.63) is 94.6 Å². The Balaban J connectivity index is 1.96. The van der Waals surface area contributed by atoms with Crippen molar-refractivity contribution in [2.45, 2.75) is 19.6 Å². The van der Waals surface area contributed by atoms with Gasteiger partial charge in [-0.1, -0.05) is 102 Å². The minimum absolute atomic E-state index is 0.745. The molecule has 1 aromatic heterocycles. The van der Waals surface area contributed by atoms with Gasteiger partial charge in [0.1, 0.15) is 13.2 Å². The molecule has 0 saturated carbocycles. The van der Waals surface area contributed by atoms with Crippen LogP contribution in [0.2, 0.25) is 23.3 Å². The maximum Gasteiger partial charge on any atom is 0.117 e. The molecule has 0 spiro atoms. The van der Waals surface area contributed by atoms with Gasteiger partial charge in [-0.25, -0.2) is 0 Å². The predicted molar refractivity (Wildman–Crippen MR) is 121 cm³/mol. The summed E-state index contributed by atoms with van der Waals surface area (Å²) in [6.45, 7) is 5.46. The summed E-state index contributed by atoms with van der Waals surface area (Å²) in [6.07, 6.45) is 0. The minimum Gasteiger partial charge on any atom is -0.327 e. The van der Waals surface area contributed by atoms with E-state index in [4.69, 9.17) is 23.2 Å². The average molecular weight is 410 g/mol. The largest absolute Gasteiger partial charge is 0.327 e. The van der Waals surface area contributed by atoms with Crippen LogP contribution in [-0.2, 0) is 6.54 Å². The van der Waals surface area contributed by atoms with Gasteiger partial charge in [0.15, 0.2) is 0 Å². The third-order valence-corrected chi connectivity index (χ3v) is 9.59. The van der Waals surface area contributed by atoms with E-state index in [-0.39, 0.29) is 0 Å². The molecule has 1 heterocycles. The molecular weight excluding hydrogens is 389 g/mol. The average Bonchev–Trinajstić information content (AvgIpc) is 2.95. The molecule has 3 aromatic carbocycles. The molecule has 1 nitrogen and oxygen atoms in total. The molecule has 0 N–H and O–H groups in total. The van der Waals surface area contributed by atoms with Crippen LogP contribution in [0, 0.1) is 0 Å². The van der Waals surface area contributed by atoms with Crippen molar-refractivity contribution in [1.82, 2.24) is 4.57 Å². The van der Waals surface area contributed by atoms with Crippen molar-refractivity contribution in [3.8, 4) is 0 Å². The topological polar surface area (TPSA) is 4.93 Å². The number of nitrogens with zero attached hydrogens (tertiary/aromatic N) is 1. The molecule has 4 rings (SSSR count). The number of fused-ring (bicyclic) bond motifs is 1. The Hall–Kier alpha value is -2.00. The first-order valence-electron chi connectivity index (χ1n) is 9.05. The lowest BCUT2D eigenvalue weighted by atomic mass is 10.2. The van der Waals surface area contributed by atoms with Crippen molar-refractivity contribution in [1.29, 1.82) is 0 Å². The molecule has 136 valence electrons. The fourth-order valence-corrected chi connectivity index (χ4v) is 7.78. The van der Waals surface area contributed by atoms with Crippen LogP contribution >= 0.6 is 23.2 Å². The summed E-state index contributed by atoms with van der Waals surface area (Å²) >= 11 is 13.4. The maximum absolute atomic E-state index is 7.04. The molecule has 0 radical (unpaired) electrons. The van der Waals surface area contributed by atoms with Crippen LogP contribution < -0.4 is 10.4 Å². The molecule has 0 bridgehead atoms. The fraction of sp³-hybridized carbons (Fsp3) is 0.130. The minimum atomic E-state index is -2.00. The summed E-state index contributed by atoms with van der Waals surface area (Å²) in [6, 6.07) is 27.2. The highest BCUT2D eigenvalue weighted by atomic mass is 35.5. The van der Waals surface area contributed by atoms with Crippen LogP contribution in [0.3, 0.4) is 0 Å². The van der Waals surface area contributed by atoms with E-state index in [2.05, 4.69) is 84.4 Å². The lowest BCUT2D eigenvalue weighted by Crippen LogP contribution is -2.53. The zero-order valence-corrected chi connectivity index (χ0v) is 17.9. The Labute approximate surface area is 171 Å². The molecule has 0 fully saturated rings. The van der Waals surface area contributed by atoms with E-state index in [1.54, 1.807) is 0 Å². The second kappa shape index (κ2) is 7.20. The maximum atomic E-state index is 7.04. The number of aromatic nitrogens is 1. The van der Waals surface area contributed by atoms with Crippen LogP contribution in [-0.4, -0.2) is 12.6 Å². The smallest absolute Gasteiger partial charge is 0.117 e. The molecule has 0 aliphatic rings. The fourth-order valence-electron chi connectivity index (χ4n) is 3.81. The van der Waals surface area contributed by atoms with Gasteiger partial charge < -0.3 is 4.57 Å². The molecule has 0 atom stereocenters. The summed E-state index contributed by atoms with van der Waals surface area (Å²) in [5.74, 6) is 0. The molecule has 0 aliphatic heterocycles. The third kappa shape index (κ3) is 3.34. The normalized spacial score (nSPS) is 11.9. The monoisotopic (exact) mass is 409 g/mol. The quantitative estimate of drug-likeness (QED) is 0.374. The molecule has 0 amide bonds. The van der Waals surface area contributed by atoms with Gasteiger partial charge in [-0.15, -0.1) is 0 Å². The van der Waals surface area contributed by atoms with Crippen LogP contribution in [0.4, 0.5) is 0 Å². The summed E-state index contributed by atoms with van der Waals surface area (Å²) in [5, 5.41) is 5.37. The van der Waals surface area contributed by atoms with E-state index < -0.39 is 8.07 Å². The van der Waals surface area contributed by atoms with Crippen LogP contribution in [0.15, 0.2) is 78.9 Å². The second-order valence-corrected chi connectivity index (χ2v) is 12.5. The first-order chi connectivity index (χ1) is 13.0. The van der Waals surface area contributed by atoms with Gasteiger partial charge in [0.2, 0.25) is 0 Å². The van der Waals surface area contributed by atoms with Crippen molar-refractivity contribution < 1.29 is 0 Å². The molecule has 0 unspecified atom stereocenters. The van der Waals surface area contributed by atoms with Crippen molar-refractivity contribution >= 4 is 52.6 Å². The van der Waals surface area contributed by atoms with Crippen molar-refractivity contribution in [2.75, 3.05) is 0 Å². The van der Waals surface area contributed by atoms with E-state index in [1.807, 2.05) is 12.1 Å². The first kappa shape index (κ1) is 18.4. The highest BCUT2D eigenvalue weighted by molar-refractivity contribution is 7.02. The van der Waals surface area contributed by atoms with Crippen LogP contribution in [0.25, 0.3) is 10.9 Å². The molecule has 0 aliphatic carbocycles. The summed E-state index contributed by atoms with van der Waals surface area (Å²) in [7, 11) is -2.00. The zero-order valence-electron chi connectivity index (χ0n) is 15.4. The predicted octanol–water partition coefficient (Wildman–Crippen LogP) is 5.82. The lowest BCUT2D eigenvalue weighted by molar-refractivity contribution is 0.839. The van der Waals surface area contributed by atoms with Gasteiger partial charge in [-0.2, -0.15) is 0 Å². The van der Waals surface area contributed by atoms with Crippen LogP contribution in [0.1, 0.15) is 5.56 Å². The molecule has 27 heavy (non-hydrogen) atoms. The van der Waals surface area contributed by atoms with Crippen molar-refractivity contribution in [3.63, 3.8) is 0 Å². The van der Waals surface area contributed by atoms with E-state index in [9.17, 15) is 0 Å². The Morgan fingerprint density at radius 2 is 1.44 bits per heavy atom. The third-order valence-electron chi connectivity index (χ3n) is 5.27. The Bertz CT molecular complexity index is 1090. The first-order valence-corrected chi connectivity index (χ1v) is 12.8. The van der Waals surface area contributed by atoms with Gasteiger partial charge in [0, 0.05) is 22.5 Å². The molecule has 0 saturated heterocycles.